The Labute approximate surface area is 110 Å². The van der Waals surface area contributed by atoms with Gasteiger partial charge in [-0.05, 0) is 12.1 Å². The van der Waals surface area contributed by atoms with Crippen LogP contribution in [-0.4, -0.2) is 40.9 Å². The van der Waals surface area contributed by atoms with Crippen molar-refractivity contribution in [1.82, 2.24) is 14.7 Å². The Morgan fingerprint density at radius 1 is 1.50 bits per heavy atom. The second-order valence-corrected chi connectivity index (χ2v) is 4.50. The van der Waals surface area contributed by atoms with Crippen molar-refractivity contribution >= 4 is 17.2 Å². The number of methoxy groups -OCH3 is 1. The van der Waals surface area contributed by atoms with Gasteiger partial charge in [-0.25, -0.2) is 4.98 Å². The van der Waals surface area contributed by atoms with Crippen LogP contribution in [-0.2, 0) is 11.3 Å². The van der Waals surface area contributed by atoms with Crippen molar-refractivity contribution in [2.24, 2.45) is 0 Å². The van der Waals surface area contributed by atoms with Gasteiger partial charge in [0.25, 0.3) is 0 Å². The number of hydrogen-bond donors (Lipinski definition) is 2. The molecule has 1 unspecified atom stereocenters. The number of fused-ring (bicyclic) bond motifs is 1. The lowest BCUT2D eigenvalue weighted by Crippen LogP contribution is -2.35. The van der Waals surface area contributed by atoms with E-state index in [0.29, 0.717) is 18.2 Å². The number of hydrogen-bond acceptors (Lipinski definition) is 4. The van der Waals surface area contributed by atoms with Crippen LogP contribution in [0.25, 0.3) is 5.65 Å². The second kappa shape index (κ2) is 6.15. The van der Waals surface area contributed by atoms with Crippen LogP contribution < -0.4 is 5.32 Å². The number of aliphatic hydroxyl groups is 1. The van der Waals surface area contributed by atoms with Gasteiger partial charge < -0.3 is 19.6 Å². The van der Waals surface area contributed by atoms with E-state index < -0.39 is 0 Å². The van der Waals surface area contributed by atoms with Gasteiger partial charge in [-0.15, -0.1) is 0 Å². The van der Waals surface area contributed by atoms with Crippen LogP contribution in [0.5, 0.6) is 0 Å². The first-order chi connectivity index (χ1) is 8.72. The minimum absolute atomic E-state index is 0.0348. The number of aliphatic hydroxyl groups excluding tert-OH is 1. The number of halogens is 1. The molecule has 0 saturated heterocycles. The summed E-state index contributed by atoms with van der Waals surface area (Å²) in [7, 11) is 1.61. The van der Waals surface area contributed by atoms with Gasteiger partial charge >= 0.3 is 0 Å². The minimum atomic E-state index is -0.0802. The lowest BCUT2D eigenvalue weighted by molar-refractivity contribution is 0.128. The predicted molar refractivity (Wildman–Crippen MR) is 69.8 cm³/mol. The molecule has 0 spiro atoms. The average molecular weight is 270 g/mol. The summed E-state index contributed by atoms with van der Waals surface area (Å²) in [5, 5.41) is 13.0. The fraction of sp³-hybridized carbons (Fsp3) is 0.417. The second-order valence-electron chi connectivity index (χ2n) is 4.06. The summed E-state index contributed by atoms with van der Waals surface area (Å²) in [6.45, 7) is 1.08. The molecule has 2 aromatic heterocycles. The number of nitrogens with one attached hydrogen (secondary N) is 1. The van der Waals surface area contributed by atoms with E-state index in [0.717, 1.165) is 11.3 Å². The zero-order chi connectivity index (χ0) is 13.0. The average Bonchev–Trinajstić information content (AvgIpc) is 2.76. The number of aromatic nitrogens is 2. The highest BCUT2D eigenvalue weighted by molar-refractivity contribution is 6.30. The van der Waals surface area contributed by atoms with E-state index in [9.17, 15) is 0 Å². The fourth-order valence-corrected chi connectivity index (χ4v) is 1.90. The molecule has 0 radical (unpaired) electrons. The van der Waals surface area contributed by atoms with Gasteiger partial charge in [-0.1, -0.05) is 11.6 Å². The zero-order valence-corrected chi connectivity index (χ0v) is 10.9. The van der Waals surface area contributed by atoms with Gasteiger partial charge in [0.2, 0.25) is 0 Å². The molecular weight excluding hydrogens is 254 g/mol. The fourth-order valence-electron chi connectivity index (χ4n) is 1.73. The number of imidazole rings is 1. The van der Waals surface area contributed by atoms with E-state index in [2.05, 4.69) is 10.3 Å². The van der Waals surface area contributed by atoms with Crippen molar-refractivity contribution in [1.29, 1.82) is 0 Å². The van der Waals surface area contributed by atoms with Crippen LogP contribution >= 0.6 is 11.6 Å². The third-order valence-corrected chi connectivity index (χ3v) is 2.85. The van der Waals surface area contributed by atoms with E-state index in [1.165, 1.54) is 0 Å². The Balaban J connectivity index is 2.03. The highest BCUT2D eigenvalue weighted by Gasteiger charge is 2.08. The molecule has 2 rings (SSSR count). The van der Waals surface area contributed by atoms with Gasteiger partial charge in [-0.2, -0.15) is 0 Å². The standard InChI is InChI=1S/C12H16ClN3O2/c1-18-8-11(7-17)14-4-10-6-16-5-9(13)2-3-12(16)15-10/h2-3,5-6,11,14,17H,4,7-8H2,1H3. The van der Waals surface area contributed by atoms with Gasteiger partial charge in [0, 0.05) is 26.0 Å². The lowest BCUT2D eigenvalue weighted by atomic mass is 10.3. The normalized spacial score (nSPS) is 13.1. The molecule has 0 aliphatic carbocycles. The maximum Gasteiger partial charge on any atom is 0.137 e. The highest BCUT2D eigenvalue weighted by atomic mass is 35.5. The van der Waals surface area contributed by atoms with Crippen LogP contribution in [0.1, 0.15) is 5.69 Å². The predicted octanol–water partition coefficient (Wildman–Crippen LogP) is 1.08. The van der Waals surface area contributed by atoms with Gasteiger partial charge in [-0.3, -0.25) is 0 Å². The number of nitrogens with zero attached hydrogens (tertiary/aromatic N) is 2. The molecule has 2 aromatic rings. The third-order valence-electron chi connectivity index (χ3n) is 2.62. The summed E-state index contributed by atoms with van der Waals surface area (Å²) >= 11 is 5.91. The Bertz CT molecular complexity index is 515. The Hall–Kier alpha value is -1.14. The summed E-state index contributed by atoms with van der Waals surface area (Å²) in [5.41, 5.74) is 1.75. The lowest BCUT2D eigenvalue weighted by Gasteiger charge is -2.13. The van der Waals surface area contributed by atoms with Crippen molar-refractivity contribution < 1.29 is 9.84 Å². The quantitative estimate of drug-likeness (QED) is 0.824. The SMILES string of the molecule is COCC(CO)NCc1cn2cc(Cl)ccc2n1. The first kappa shape index (κ1) is 13.3. The molecule has 2 heterocycles. The summed E-state index contributed by atoms with van der Waals surface area (Å²) in [4.78, 5) is 4.44. The summed E-state index contributed by atoms with van der Waals surface area (Å²) in [5.74, 6) is 0. The molecule has 6 heteroatoms. The first-order valence-corrected chi connectivity index (χ1v) is 6.07. The van der Waals surface area contributed by atoms with E-state index in [-0.39, 0.29) is 12.6 Å². The molecule has 0 aliphatic heterocycles. The topological polar surface area (TPSA) is 58.8 Å². The molecule has 0 saturated carbocycles. The van der Waals surface area contributed by atoms with E-state index in [1.807, 2.05) is 28.9 Å². The third kappa shape index (κ3) is 3.20. The summed E-state index contributed by atoms with van der Waals surface area (Å²) in [6, 6.07) is 3.59. The Morgan fingerprint density at radius 2 is 2.33 bits per heavy atom. The Kier molecular flexibility index (Phi) is 4.54. The molecule has 18 heavy (non-hydrogen) atoms. The van der Waals surface area contributed by atoms with E-state index >= 15 is 0 Å². The maximum absolute atomic E-state index is 9.13. The molecule has 2 N–H and O–H groups in total. The van der Waals surface area contributed by atoms with Crippen molar-refractivity contribution in [3.8, 4) is 0 Å². The molecule has 0 aromatic carbocycles. The number of ether oxygens (including phenoxy) is 1. The van der Waals surface area contributed by atoms with E-state index in [1.54, 1.807) is 7.11 Å². The zero-order valence-electron chi connectivity index (χ0n) is 10.1. The molecule has 1 atom stereocenters. The Morgan fingerprint density at radius 3 is 3.06 bits per heavy atom. The van der Waals surface area contributed by atoms with Gasteiger partial charge in [0.05, 0.1) is 30.0 Å². The van der Waals surface area contributed by atoms with Crippen molar-refractivity contribution in [2.75, 3.05) is 20.3 Å². The largest absolute Gasteiger partial charge is 0.395 e. The monoisotopic (exact) mass is 269 g/mol. The van der Waals surface area contributed by atoms with Crippen LogP contribution in [0.15, 0.2) is 24.5 Å². The summed E-state index contributed by atoms with van der Waals surface area (Å²) in [6.07, 6.45) is 3.72. The van der Waals surface area contributed by atoms with Gasteiger partial charge in [0.15, 0.2) is 0 Å². The molecule has 0 amide bonds. The van der Waals surface area contributed by atoms with E-state index in [4.69, 9.17) is 21.4 Å². The minimum Gasteiger partial charge on any atom is -0.395 e. The van der Waals surface area contributed by atoms with Crippen molar-refractivity contribution in [3.05, 3.63) is 35.2 Å². The molecule has 5 nitrogen and oxygen atoms in total. The van der Waals surface area contributed by atoms with Crippen LogP contribution in [0.2, 0.25) is 5.02 Å². The molecule has 0 aliphatic rings. The smallest absolute Gasteiger partial charge is 0.137 e. The van der Waals surface area contributed by atoms with Crippen LogP contribution in [0.4, 0.5) is 0 Å². The number of rotatable bonds is 6. The first-order valence-electron chi connectivity index (χ1n) is 5.69. The molecule has 0 fully saturated rings. The molecule has 0 bridgehead atoms. The molecule has 98 valence electrons. The van der Waals surface area contributed by atoms with Crippen LogP contribution in [0, 0.1) is 0 Å². The molecular formula is C12H16ClN3O2. The number of pyridine rings is 1. The van der Waals surface area contributed by atoms with Crippen LogP contribution in [0.3, 0.4) is 0 Å². The maximum atomic E-state index is 9.13. The summed E-state index contributed by atoms with van der Waals surface area (Å²) < 4.78 is 6.87. The van der Waals surface area contributed by atoms with Crippen molar-refractivity contribution in [2.45, 2.75) is 12.6 Å². The van der Waals surface area contributed by atoms with Crippen molar-refractivity contribution in [3.63, 3.8) is 0 Å². The van der Waals surface area contributed by atoms with Gasteiger partial charge in [0.1, 0.15) is 5.65 Å². The highest BCUT2D eigenvalue weighted by Crippen LogP contribution is 2.11.